The van der Waals surface area contributed by atoms with E-state index in [1.54, 1.807) is 0 Å². The second-order valence-corrected chi connectivity index (χ2v) is 10.1. The number of rotatable bonds is 8. The molecule has 0 bridgehead atoms. The van der Waals surface area contributed by atoms with Crippen molar-refractivity contribution in [3.8, 4) is 0 Å². The van der Waals surface area contributed by atoms with Crippen LogP contribution in [0.4, 0.5) is 5.95 Å². The number of aliphatic imine (C=N–C) groups is 2. The summed E-state index contributed by atoms with van der Waals surface area (Å²) in [4.78, 5) is 51.0. The molecule has 21 heteroatoms. The molecule has 4 aliphatic rings. The Hall–Kier alpha value is -2.16. The van der Waals surface area contributed by atoms with Crippen LogP contribution in [0.1, 0.15) is 19.1 Å². The molecule has 1 aromatic rings. The number of phosphoric acid groups is 1. The molecule has 207 valence electrons. The summed E-state index contributed by atoms with van der Waals surface area (Å²) in [6.07, 6.45) is -3.89. The zero-order chi connectivity index (χ0) is 27.2. The van der Waals surface area contributed by atoms with Gasteiger partial charge in [0.2, 0.25) is 11.9 Å². The Labute approximate surface area is 241 Å². The van der Waals surface area contributed by atoms with Gasteiger partial charge in [0.15, 0.2) is 11.9 Å². The Morgan fingerprint density at radius 2 is 2.00 bits per heavy atom. The Balaban J connectivity index is 0.00000353. The number of guanidine groups is 1. The third-order valence-corrected chi connectivity index (χ3v) is 7.18. The summed E-state index contributed by atoms with van der Waals surface area (Å²) in [6, 6.07) is -0.946. The predicted octanol–water partition coefficient (Wildman–Crippen LogP) is -3.73. The van der Waals surface area contributed by atoms with Gasteiger partial charge >= 0.3 is 13.5 Å². The first-order chi connectivity index (χ1) is 18.0. The number of ether oxygens (including phenoxy) is 2. The molecule has 2 fully saturated rings. The first-order valence-corrected chi connectivity index (χ1v) is 12.8. The van der Waals surface area contributed by atoms with E-state index in [1.807, 2.05) is 0 Å². The smallest absolute Gasteiger partial charge is 0.394 e. The van der Waals surface area contributed by atoms with Crippen LogP contribution in [0.25, 0.3) is 0 Å². The summed E-state index contributed by atoms with van der Waals surface area (Å²) < 4.78 is 35.2. The minimum Gasteiger partial charge on any atom is -0.394 e. The molecule has 5 rings (SSSR count). The summed E-state index contributed by atoms with van der Waals surface area (Å²) in [7, 11) is -4.76. The molecular weight excluding hydrogens is 556 g/mol. The molecule has 1 radical (unpaired) electrons. The fourth-order valence-corrected chi connectivity index (χ4v) is 5.32. The van der Waals surface area contributed by atoms with Crippen molar-refractivity contribution in [1.82, 2.24) is 24.8 Å². The number of nitrogens with one attached hydrogen (secondary N) is 2. The van der Waals surface area contributed by atoms with Crippen molar-refractivity contribution in [2.75, 3.05) is 18.9 Å². The van der Waals surface area contributed by atoms with Gasteiger partial charge in [-0.2, -0.15) is 9.98 Å². The molecule has 5 heterocycles. The second-order valence-electron chi connectivity index (χ2n) is 8.67. The fraction of sp³-hybridized carbons (Fsp3) is 0.611. The van der Waals surface area contributed by atoms with Crippen molar-refractivity contribution in [3.05, 3.63) is 16.8 Å². The molecule has 39 heavy (non-hydrogen) atoms. The van der Waals surface area contributed by atoms with Crippen LogP contribution in [0.3, 0.4) is 0 Å². The number of amides is 1. The quantitative estimate of drug-likeness (QED) is 0.127. The first kappa shape index (κ1) is 29.8. The number of amidine groups is 1. The van der Waals surface area contributed by atoms with E-state index >= 15 is 0 Å². The van der Waals surface area contributed by atoms with Crippen molar-refractivity contribution in [2.45, 2.75) is 55.8 Å². The van der Waals surface area contributed by atoms with E-state index in [4.69, 9.17) is 29.7 Å². The molecular formula is C18H24N9NaO10P. The number of aliphatic hydroxyl groups is 2. The van der Waals surface area contributed by atoms with E-state index < -0.39 is 75.5 Å². The van der Waals surface area contributed by atoms with E-state index in [-0.39, 0.29) is 60.1 Å². The van der Waals surface area contributed by atoms with Crippen molar-refractivity contribution < 1.29 is 43.0 Å². The molecule has 19 nitrogen and oxygen atoms in total. The molecule has 0 aromatic carbocycles. The molecule has 0 spiro atoms. The van der Waals surface area contributed by atoms with Gasteiger partial charge in [-0.15, -0.1) is 0 Å². The van der Waals surface area contributed by atoms with Crippen LogP contribution in [0.15, 0.2) is 21.1 Å². The maximum Gasteiger partial charge on any atom is 0.472 e. The van der Waals surface area contributed by atoms with Gasteiger partial charge in [0, 0.05) is 42.4 Å². The van der Waals surface area contributed by atoms with Gasteiger partial charge < -0.3 is 30.3 Å². The third kappa shape index (κ3) is 6.28. The minimum atomic E-state index is -4.76. The van der Waals surface area contributed by atoms with Crippen molar-refractivity contribution >= 4 is 67.4 Å². The number of anilines is 1. The largest absolute Gasteiger partial charge is 0.472 e. The number of hydrogen-bond donors (Lipinski definition) is 6. The number of fused-ring (bicyclic) bond motifs is 1. The van der Waals surface area contributed by atoms with Crippen LogP contribution >= 0.6 is 7.82 Å². The maximum atomic E-state index is 12.7. The van der Waals surface area contributed by atoms with Gasteiger partial charge in [-0.3, -0.25) is 39.0 Å². The third-order valence-electron chi connectivity index (χ3n) is 6.17. The number of aromatic nitrogens is 3. The topological polar surface area (TPSA) is 269 Å². The molecule has 1 amide bonds. The predicted molar refractivity (Wildman–Crippen MR) is 129 cm³/mol. The van der Waals surface area contributed by atoms with Gasteiger partial charge in [0.25, 0.3) is 5.91 Å². The molecule has 4 aliphatic heterocycles. The Bertz CT molecular complexity index is 1300. The van der Waals surface area contributed by atoms with Gasteiger partial charge in [-0.05, 0) is 0 Å². The minimum absolute atomic E-state index is 0. The summed E-state index contributed by atoms with van der Waals surface area (Å²) >= 11 is 0. The molecule has 8 atom stereocenters. The van der Waals surface area contributed by atoms with Crippen LogP contribution < -0.4 is 16.7 Å². The molecule has 1 aromatic heterocycles. The average Bonchev–Trinajstić information content (AvgIpc) is 3.54. The zero-order valence-electron chi connectivity index (χ0n) is 20.4. The summed E-state index contributed by atoms with van der Waals surface area (Å²) in [5.74, 6) is -0.966. The SMILES string of the molecule is N=C1N=C2C(N=CN2[C@H]2C[C@H](O)[C@@H](COP(=O)(O)O[C@H]3C[C@H](n4cnc(N)nc4=O)O[C@@H]3CO)O2)C(=O)N1.[Na]. The Kier molecular flexibility index (Phi) is 8.98. The monoisotopic (exact) mass is 580 g/mol. The zero-order valence-corrected chi connectivity index (χ0v) is 23.3. The number of nitrogens with two attached hydrogens (primary N) is 1. The van der Waals surface area contributed by atoms with E-state index in [9.17, 15) is 29.3 Å². The molecule has 2 unspecified atom stereocenters. The van der Waals surface area contributed by atoms with Crippen LogP contribution in [-0.2, 0) is 27.9 Å². The van der Waals surface area contributed by atoms with Gasteiger partial charge in [0.1, 0.15) is 37.1 Å². The maximum absolute atomic E-state index is 12.7. The van der Waals surface area contributed by atoms with Crippen LogP contribution in [0.2, 0.25) is 0 Å². The number of carbonyl (C=O) groups is 1. The number of nitrogens with zero attached hydrogens (tertiary/aromatic N) is 6. The van der Waals surface area contributed by atoms with Crippen molar-refractivity contribution in [3.63, 3.8) is 0 Å². The van der Waals surface area contributed by atoms with Crippen LogP contribution in [0, 0.1) is 5.41 Å². The number of nitrogen functional groups attached to an aromatic ring is 1. The van der Waals surface area contributed by atoms with E-state index in [0.29, 0.717) is 0 Å². The fourth-order valence-electron chi connectivity index (χ4n) is 4.36. The molecule has 7 N–H and O–H groups in total. The van der Waals surface area contributed by atoms with Crippen molar-refractivity contribution in [1.29, 1.82) is 5.41 Å². The molecule has 2 saturated heterocycles. The van der Waals surface area contributed by atoms with E-state index in [2.05, 4.69) is 25.3 Å². The van der Waals surface area contributed by atoms with Crippen molar-refractivity contribution in [2.24, 2.45) is 9.98 Å². The normalized spacial score (nSPS) is 33.4. The number of aliphatic hydroxyl groups excluding tert-OH is 2. The van der Waals surface area contributed by atoms with Gasteiger partial charge in [0.05, 0.1) is 25.7 Å². The van der Waals surface area contributed by atoms with Gasteiger partial charge in [-0.25, -0.2) is 14.3 Å². The Morgan fingerprint density at radius 3 is 2.72 bits per heavy atom. The number of phosphoric ester groups is 1. The number of hydrogen-bond acceptors (Lipinski definition) is 15. The summed E-state index contributed by atoms with van der Waals surface area (Å²) in [5, 5.41) is 29.9. The van der Waals surface area contributed by atoms with Crippen LogP contribution in [-0.4, -0.2) is 138 Å². The molecule has 0 aliphatic carbocycles. The van der Waals surface area contributed by atoms with Gasteiger partial charge in [-0.1, -0.05) is 0 Å². The van der Waals surface area contributed by atoms with E-state index in [1.165, 1.54) is 11.2 Å². The Morgan fingerprint density at radius 1 is 1.26 bits per heavy atom. The standard InChI is InChI=1S/C18H24N9O10P.Na/c19-16-22-6-27(18(31)25-16)12-2-8(9(3-28)35-12)37-38(32,33)34-4-10-7(29)1-11(36-10)26-5-21-13-14(26)23-17(20)24-15(13)30;/h5-13,28-29H,1-4H2,(H,32,33)(H2,19,25,31)(H2,20,24,30);/t7-,8-,9+,10+,11+,12+,13?;/m0./s1. The number of carbonyl (C=O) groups excluding carboxylic acids is 1. The first-order valence-electron chi connectivity index (χ1n) is 11.3. The van der Waals surface area contributed by atoms with Crippen LogP contribution in [0.5, 0.6) is 0 Å². The second kappa shape index (κ2) is 11.8. The van der Waals surface area contributed by atoms with E-state index in [0.717, 1.165) is 10.9 Å². The average molecular weight is 580 g/mol. The summed E-state index contributed by atoms with van der Waals surface area (Å²) in [5.41, 5.74) is 4.61. The molecule has 0 saturated carbocycles. The summed E-state index contributed by atoms with van der Waals surface area (Å²) in [6.45, 7) is -1.13.